The summed E-state index contributed by atoms with van der Waals surface area (Å²) in [6.07, 6.45) is 6.50. The first-order chi connectivity index (χ1) is 11.7. The molecule has 2 aliphatic rings. The van der Waals surface area contributed by atoms with Gasteiger partial charge in [0.15, 0.2) is 0 Å². The number of rotatable bonds is 4. The minimum Gasteiger partial charge on any atom is -0.390 e. The minimum atomic E-state index is -0.446. The van der Waals surface area contributed by atoms with Crippen molar-refractivity contribution >= 4 is 5.69 Å². The van der Waals surface area contributed by atoms with E-state index >= 15 is 0 Å². The SMILES string of the molecule is OC1(CC2CN(Cc3ccccc3)c3ccccc32)CCCCC1. The molecule has 126 valence electrons. The second-order valence-electron chi connectivity index (χ2n) is 7.61. The van der Waals surface area contributed by atoms with Gasteiger partial charge in [-0.3, -0.25) is 0 Å². The smallest absolute Gasteiger partial charge is 0.0654 e. The van der Waals surface area contributed by atoms with Crippen LogP contribution in [0.2, 0.25) is 0 Å². The molecule has 2 aromatic rings. The van der Waals surface area contributed by atoms with Gasteiger partial charge in [0.25, 0.3) is 0 Å². The molecule has 1 atom stereocenters. The maximum Gasteiger partial charge on any atom is 0.0654 e. The quantitative estimate of drug-likeness (QED) is 0.868. The molecule has 1 aliphatic carbocycles. The van der Waals surface area contributed by atoms with E-state index in [4.69, 9.17) is 0 Å². The van der Waals surface area contributed by atoms with Crippen LogP contribution in [0.1, 0.15) is 55.6 Å². The largest absolute Gasteiger partial charge is 0.390 e. The highest BCUT2D eigenvalue weighted by atomic mass is 16.3. The van der Waals surface area contributed by atoms with Crippen molar-refractivity contribution in [2.24, 2.45) is 0 Å². The van der Waals surface area contributed by atoms with Crippen molar-refractivity contribution in [3.05, 3.63) is 65.7 Å². The Hall–Kier alpha value is -1.80. The molecule has 0 bridgehead atoms. The first-order valence-electron chi connectivity index (χ1n) is 9.34. The number of nitrogens with zero attached hydrogens (tertiary/aromatic N) is 1. The molecule has 2 aromatic carbocycles. The van der Waals surface area contributed by atoms with Crippen molar-refractivity contribution in [3.63, 3.8) is 0 Å². The molecular weight excluding hydrogens is 294 g/mol. The molecule has 2 nitrogen and oxygen atoms in total. The first kappa shape index (κ1) is 15.7. The van der Waals surface area contributed by atoms with Gasteiger partial charge in [-0.25, -0.2) is 0 Å². The molecule has 0 spiro atoms. The molecule has 1 N–H and O–H groups in total. The zero-order chi connectivity index (χ0) is 16.4. The lowest BCUT2D eigenvalue weighted by Crippen LogP contribution is -2.34. The van der Waals surface area contributed by atoms with Crippen LogP contribution < -0.4 is 4.90 Å². The Kier molecular flexibility index (Phi) is 4.32. The van der Waals surface area contributed by atoms with Crippen molar-refractivity contribution in [1.82, 2.24) is 0 Å². The second kappa shape index (κ2) is 6.60. The van der Waals surface area contributed by atoms with E-state index in [1.807, 2.05) is 0 Å². The third-order valence-corrected chi connectivity index (χ3v) is 5.78. The Labute approximate surface area is 145 Å². The highest BCUT2D eigenvalue weighted by Gasteiger charge is 2.37. The Balaban J connectivity index is 1.54. The molecule has 24 heavy (non-hydrogen) atoms. The molecule has 1 unspecified atom stereocenters. The number of hydrogen-bond donors (Lipinski definition) is 1. The summed E-state index contributed by atoms with van der Waals surface area (Å²) in [5.41, 5.74) is 3.68. The molecule has 1 aliphatic heterocycles. The van der Waals surface area contributed by atoms with E-state index in [2.05, 4.69) is 59.5 Å². The van der Waals surface area contributed by atoms with Crippen molar-refractivity contribution < 1.29 is 5.11 Å². The summed E-state index contributed by atoms with van der Waals surface area (Å²) in [7, 11) is 0. The third-order valence-electron chi connectivity index (χ3n) is 5.78. The molecule has 1 fully saturated rings. The molecule has 4 rings (SSSR count). The van der Waals surface area contributed by atoms with E-state index in [1.54, 1.807) is 0 Å². The second-order valence-corrected chi connectivity index (χ2v) is 7.61. The van der Waals surface area contributed by atoms with Gasteiger partial charge >= 0.3 is 0 Å². The fourth-order valence-electron chi connectivity index (χ4n) is 4.58. The minimum absolute atomic E-state index is 0.446. The number of hydrogen-bond acceptors (Lipinski definition) is 2. The van der Waals surface area contributed by atoms with Gasteiger partial charge in [-0.15, -0.1) is 0 Å². The number of anilines is 1. The lowest BCUT2D eigenvalue weighted by atomic mass is 9.77. The molecule has 0 radical (unpaired) electrons. The highest BCUT2D eigenvalue weighted by Crippen LogP contribution is 2.44. The van der Waals surface area contributed by atoms with Crippen LogP contribution in [-0.4, -0.2) is 17.3 Å². The predicted molar refractivity (Wildman–Crippen MR) is 99.3 cm³/mol. The maximum absolute atomic E-state index is 11.0. The summed E-state index contributed by atoms with van der Waals surface area (Å²) in [6, 6.07) is 19.5. The monoisotopic (exact) mass is 321 g/mol. The van der Waals surface area contributed by atoms with Crippen molar-refractivity contribution in [3.8, 4) is 0 Å². The van der Waals surface area contributed by atoms with Crippen LogP contribution in [-0.2, 0) is 6.54 Å². The number of fused-ring (bicyclic) bond motifs is 1. The number of para-hydroxylation sites is 1. The van der Waals surface area contributed by atoms with E-state index < -0.39 is 5.60 Å². The van der Waals surface area contributed by atoms with Gasteiger partial charge in [-0.1, -0.05) is 67.8 Å². The lowest BCUT2D eigenvalue weighted by Gasteiger charge is -2.34. The van der Waals surface area contributed by atoms with Crippen LogP contribution in [0.4, 0.5) is 5.69 Å². The average Bonchev–Trinajstić information content (AvgIpc) is 2.94. The Morgan fingerprint density at radius 2 is 1.62 bits per heavy atom. The third kappa shape index (κ3) is 3.21. The van der Waals surface area contributed by atoms with Crippen LogP contribution in [0.25, 0.3) is 0 Å². The lowest BCUT2D eigenvalue weighted by molar-refractivity contribution is -0.00877. The van der Waals surface area contributed by atoms with E-state index in [-0.39, 0.29) is 0 Å². The van der Waals surface area contributed by atoms with Gasteiger partial charge in [-0.2, -0.15) is 0 Å². The van der Waals surface area contributed by atoms with E-state index in [0.29, 0.717) is 5.92 Å². The van der Waals surface area contributed by atoms with Gasteiger partial charge in [0.05, 0.1) is 5.60 Å². The van der Waals surface area contributed by atoms with Crippen LogP contribution in [0.3, 0.4) is 0 Å². The van der Waals surface area contributed by atoms with E-state index in [1.165, 1.54) is 36.1 Å². The summed E-state index contributed by atoms with van der Waals surface area (Å²) in [6.45, 7) is 1.98. The van der Waals surface area contributed by atoms with Gasteiger partial charge in [-0.05, 0) is 36.5 Å². The zero-order valence-electron chi connectivity index (χ0n) is 14.3. The molecular formula is C22H27NO. The summed E-state index contributed by atoms with van der Waals surface area (Å²) in [5, 5.41) is 11.0. The van der Waals surface area contributed by atoms with Crippen LogP contribution >= 0.6 is 0 Å². The average molecular weight is 321 g/mol. The molecule has 1 heterocycles. The van der Waals surface area contributed by atoms with E-state index in [0.717, 1.165) is 32.4 Å². The first-order valence-corrected chi connectivity index (χ1v) is 9.34. The summed E-state index contributed by atoms with van der Waals surface area (Å²) >= 11 is 0. The number of aliphatic hydroxyl groups is 1. The highest BCUT2D eigenvalue weighted by molar-refractivity contribution is 5.60. The summed E-state index contributed by atoms with van der Waals surface area (Å²) in [5.74, 6) is 0.452. The standard InChI is InChI=1S/C22H27NO/c24-22(13-7-2-8-14-22)15-19-17-23(16-18-9-3-1-4-10-18)21-12-6-5-11-20(19)21/h1,3-6,9-12,19,24H,2,7-8,13-17H2. The van der Waals surface area contributed by atoms with Crippen LogP contribution in [0.15, 0.2) is 54.6 Å². The topological polar surface area (TPSA) is 23.5 Å². The molecule has 0 amide bonds. The molecule has 0 aromatic heterocycles. The van der Waals surface area contributed by atoms with Gasteiger partial charge < -0.3 is 10.0 Å². The molecule has 1 saturated carbocycles. The van der Waals surface area contributed by atoms with Gasteiger partial charge in [0, 0.05) is 24.7 Å². The molecule has 2 heteroatoms. The normalized spacial score (nSPS) is 22.4. The Morgan fingerprint density at radius 1 is 0.917 bits per heavy atom. The van der Waals surface area contributed by atoms with Gasteiger partial charge in [0.1, 0.15) is 0 Å². The maximum atomic E-state index is 11.0. The summed E-state index contributed by atoms with van der Waals surface area (Å²) in [4.78, 5) is 2.49. The fourth-order valence-corrected chi connectivity index (χ4v) is 4.58. The van der Waals surface area contributed by atoms with Crippen LogP contribution in [0.5, 0.6) is 0 Å². The Morgan fingerprint density at radius 3 is 2.42 bits per heavy atom. The zero-order valence-corrected chi connectivity index (χ0v) is 14.3. The molecule has 0 saturated heterocycles. The fraction of sp³-hybridized carbons (Fsp3) is 0.455. The van der Waals surface area contributed by atoms with E-state index in [9.17, 15) is 5.11 Å². The number of benzene rings is 2. The predicted octanol–water partition coefficient (Wildman–Crippen LogP) is 4.88. The van der Waals surface area contributed by atoms with Crippen LogP contribution in [0, 0.1) is 0 Å². The van der Waals surface area contributed by atoms with Crippen molar-refractivity contribution in [2.75, 3.05) is 11.4 Å². The Bertz CT molecular complexity index is 675. The van der Waals surface area contributed by atoms with Crippen molar-refractivity contribution in [1.29, 1.82) is 0 Å². The van der Waals surface area contributed by atoms with Crippen molar-refractivity contribution in [2.45, 2.75) is 56.6 Å². The van der Waals surface area contributed by atoms with Gasteiger partial charge in [0.2, 0.25) is 0 Å². The summed E-state index contributed by atoms with van der Waals surface area (Å²) < 4.78 is 0.